The summed E-state index contributed by atoms with van der Waals surface area (Å²) < 4.78 is 5.42. The van der Waals surface area contributed by atoms with E-state index in [1.165, 1.54) is 0 Å². The second kappa shape index (κ2) is 5.36. The van der Waals surface area contributed by atoms with Gasteiger partial charge in [-0.05, 0) is 45.1 Å². The lowest BCUT2D eigenvalue weighted by atomic mass is 9.92. The normalized spacial score (nSPS) is 37.3. The Morgan fingerprint density at radius 1 is 1.47 bits per heavy atom. The van der Waals surface area contributed by atoms with E-state index in [0.717, 1.165) is 45.1 Å². The molecule has 0 aromatic rings. The minimum absolute atomic E-state index is 0.173. The molecule has 1 amide bonds. The van der Waals surface area contributed by atoms with Gasteiger partial charge in [-0.3, -0.25) is 4.79 Å². The van der Waals surface area contributed by atoms with Crippen LogP contribution in [0.15, 0.2) is 0 Å². The Hall–Kier alpha value is -0.610. The van der Waals surface area contributed by atoms with Crippen LogP contribution in [0.2, 0.25) is 0 Å². The standard InChI is InChI=1S/C13H24N2O2/c1-3-13(8-5-9-14-13)12(16)15-10-6-4-7-11(10)17-2/h10-11,14H,3-9H2,1-2H3,(H,15,16). The van der Waals surface area contributed by atoms with Gasteiger partial charge >= 0.3 is 0 Å². The van der Waals surface area contributed by atoms with Gasteiger partial charge in [-0.15, -0.1) is 0 Å². The van der Waals surface area contributed by atoms with Gasteiger partial charge in [0.25, 0.3) is 0 Å². The van der Waals surface area contributed by atoms with Gasteiger partial charge in [0.15, 0.2) is 0 Å². The van der Waals surface area contributed by atoms with Crippen LogP contribution >= 0.6 is 0 Å². The molecule has 1 aliphatic heterocycles. The molecular formula is C13H24N2O2. The molecule has 98 valence electrons. The quantitative estimate of drug-likeness (QED) is 0.776. The van der Waals surface area contributed by atoms with E-state index >= 15 is 0 Å². The zero-order valence-corrected chi connectivity index (χ0v) is 10.9. The van der Waals surface area contributed by atoms with Crippen LogP contribution in [-0.2, 0) is 9.53 Å². The number of methoxy groups -OCH3 is 1. The first-order valence-corrected chi connectivity index (χ1v) is 6.80. The minimum atomic E-state index is -0.319. The third-order valence-corrected chi connectivity index (χ3v) is 4.35. The first-order chi connectivity index (χ1) is 8.22. The van der Waals surface area contributed by atoms with Gasteiger partial charge in [0.2, 0.25) is 5.91 Å². The third-order valence-electron chi connectivity index (χ3n) is 4.35. The average molecular weight is 240 g/mol. The van der Waals surface area contributed by atoms with E-state index in [1.54, 1.807) is 7.11 Å². The van der Waals surface area contributed by atoms with Gasteiger partial charge in [-0.2, -0.15) is 0 Å². The molecule has 0 bridgehead atoms. The van der Waals surface area contributed by atoms with E-state index in [9.17, 15) is 4.79 Å². The summed E-state index contributed by atoms with van der Waals surface area (Å²) in [5.74, 6) is 0.173. The third kappa shape index (κ3) is 2.47. The van der Waals surface area contributed by atoms with Crippen LogP contribution < -0.4 is 10.6 Å². The summed E-state index contributed by atoms with van der Waals surface area (Å²) in [4.78, 5) is 12.4. The highest BCUT2D eigenvalue weighted by molar-refractivity contribution is 5.87. The van der Waals surface area contributed by atoms with Crippen molar-refractivity contribution >= 4 is 5.91 Å². The van der Waals surface area contributed by atoms with Gasteiger partial charge < -0.3 is 15.4 Å². The number of hydrogen-bond acceptors (Lipinski definition) is 3. The summed E-state index contributed by atoms with van der Waals surface area (Å²) in [5, 5.41) is 6.56. The Balaban J connectivity index is 1.96. The van der Waals surface area contributed by atoms with Crippen molar-refractivity contribution in [3.05, 3.63) is 0 Å². The molecule has 4 nitrogen and oxygen atoms in total. The van der Waals surface area contributed by atoms with Gasteiger partial charge in [-0.25, -0.2) is 0 Å². The average Bonchev–Trinajstić information content (AvgIpc) is 2.97. The zero-order chi connectivity index (χ0) is 12.3. The molecule has 1 heterocycles. The van der Waals surface area contributed by atoms with E-state index in [2.05, 4.69) is 17.6 Å². The summed E-state index contributed by atoms with van der Waals surface area (Å²) in [6.07, 6.45) is 6.38. The summed E-state index contributed by atoms with van der Waals surface area (Å²) in [6.45, 7) is 3.04. The van der Waals surface area contributed by atoms with Crippen molar-refractivity contribution in [3.8, 4) is 0 Å². The Morgan fingerprint density at radius 3 is 2.88 bits per heavy atom. The fourth-order valence-corrected chi connectivity index (χ4v) is 3.14. The van der Waals surface area contributed by atoms with Gasteiger partial charge in [0.1, 0.15) is 0 Å². The number of carbonyl (C=O) groups excluding carboxylic acids is 1. The monoisotopic (exact) mass is 240 g/mol. The van der Waals surface area contributed by atoms with E-state index in [1.807, 2.05) is 0 Å². The molecule has 0 spiro atoms. The highest BCUT2D eigenvalue weighted by Gasteiger charge is 2.41. The highest BCUT2D eigenvalue weighted by Crippen LogP contribution is 2.26. The molecule has 3 unspecified atom stereocenters. The molecule has 1 saturated carbocycles. The SMILES string of the molecule is CCC1(C(=O)NC2CCCC2OC)CCCN1. The van der Waals surface area contributed by atoms with Crippen LogP contribution in [0.25, 0.3) is 0 Å². The summed E-state index contributed by atoms with van der Waals surface area (Å²) in [6, 6.07) is 0.207. The van der Waals surface area contributed by atoms with Crippen LogP contribution in [0.5, 0.6) is 0 Å². The van der Waals surface area contributed by atoms with Crippen molar-refractivity contribution in [2.75, 3.05) is 13.7 Å². The van der Waals surface area contributed by atoms with Crippen molar-refractivity contribution in [1.29, 1.82) is 0 Å². The second-order valence-electron chi connectivity index (χ2n) is 5.25. The second-order valence-corrected chi connectivity index (χ2v) is 5.25. The van der Waals surface area contributed by atoms with Crippen LogP contribution in [-0.4, -0.2) is 37.2 Å². The van der Waals surface area contributed by atoms with Crippen molar-refractivity contribution in [1.82, 2.24) is 10.6 Å². The fraction of sp³-hybridized carbons (Fsp3) is 0.923. The largest absolute Gasteiger partial charge is 0.379 e. The molecule has 2 fully saturated rings. The number of hydrogen-bond donors (Lipinski definition) is 2. The van der Waals surface area contributed by atoms with E-state index in [0.29, 0.717) is 0 Å². The summed E-state index contributed by atoms with van der Waals surface area (Å²) in [7, 11) is 1.73. The number of amides is 1. The molecule has 4 heteroatoms. The van der Waals surface area contributed by atoms with E-state index in [-0.39, 0.29) is 23.6 Å². The molecule has 2 rings (SSSR count). The Kier molecular flexibility index (Phi) is 4.05. The topological polar surface area (TPSA) is 50.4 Å². The van der Waals surface area contributed by atoms with Crippen molar-refractivity contribution in [3.63, 3.8) is 0 Å². The maximum Gasteiger partial charge on any atom is 0.240 e. The number of rotatable bonds is 4. The molecule has 1 saturated heterocycles. The van der Waals surface area contributed by atoms with Gasteiger partial charge in [0, 0.05) is 7.11 Å². The lowest BCUT2D eigenvalue weighted by Gasteiger charge is -2.30. The zero-order valence-electron chi connectivity index (χ0n) is 10.9. The van der Waals surface area contributed by atoms with Crippen LogP contribution in [0, 0.1) is 0 Å². The maximum atomic E-state index is 12.4. The molecular weight excluding hydrogens is 216 g/mol. The lowest BCUT2D eigenvalue weighted by Crippen LogP contribution is -2.56. The lowest BCUT2D eigenvalue weighted by molar-refractivity contribution is -0.128. The van der Waals surface area contributed by atoms with Crippen LogP contribution in [0.3, 0.4) is 0 Å². The molecule has 0 radical (unpaired) electrons. The van der Waals surface area contributed by atoms with Crippen LogP contribution in [0.4, 0.5) is 0 Å². The van der Waals surface area contributed by atoms with E-state index in [4.69, 9.17) is 4.74 Å². The number of nitrogens with one attached hydrogen (secondary N) is 2. The first-order valence-electron chi connectivity index (χ1n) is 6.80. The predicted molar refractivity (Wildman–Crippen MR) is 66.8 cm³/mol. The number of carbonyl (C=O) groups is 1. The highest BCUT2D eigenvalue weighted by atomic mass is 16.5. The van der Waals surface area contributed by atoms with Gasteiger partial charge in [0.05, 0.1) is 17.7 Å². The van der Waals surface area contributed by atoms with E-state index < -0.39 is 0 Å². The smallest absolute Gasteiger partial charge is 0.240 e. The molecule has 1 aliphatic carbocycles. The van der Waals surface area contributed by atoms with Gasteiger partial charge in [-0.1, -0.05) is 6.92 Å². The minimum Gasteiger partial charge on any atom is -0.379 e. The molecule has 3 atom stereocenters. The molecule has 0 aromatic carbocycles. The van der Waals surface area contributed by atoms with Crippen molar-refractivity contribution in [2.45, 2.75) is 63.1 Å². The summed E-state index contributed by atoms with van der Waals surface area (Å²) in [5.41, 5.74) is -0.319. The summed E-state index contributed by atoms with van der Waals surface area (Å²) >= 11 is 0. The fourth-order valence-electron chi connectivity index (χ4n) is 3.14. The Morgan fingerprint density at radius 2 is 2.29 bits per heavy atom. The Labute approximate surface area is 103 Å². The molecule has 0 aromatic heterocycles. The Bertz CT molecular complexity index is 275. The van der Waals surface area contributed by atoms with Crippen LogP contribution in [0.1, 0.15) is 45.4 Å². The number of ether oxygens (including phenoxy) is 1. The van der Waals surface area contributed by atoms with Crippen molar-refractivity contribution in [2.24, 2.45) is 0 Å². The molecule has 17 heavy (non-hydrogen) atoms. The first kappa shape index (κ1) is 12.8. The predicted octanol–water partition coefficient (Wildman–Crippen LogP) is 1.20. The molecule has 2 N–H and O–H groups in total. The van der Waals surface area contributed by atoms with Crippen molar-refractivity contribution < 1.29 is 9.53 Å². The molecule has 2 aliphatic rings. The maximum absolute atomic E-state index is 12.4.